The smallest absolute Gasteiger partial charge is 0.299 e. The Bertz CT molecular complexity index is 446. The van der Waals surface area contributed by atoms with Gasteiger partial charge in [-0.3, -0.25) is 4.18 Å². The van der Waals surface area contributed by atoms with Crippen LogP contribution in [-0.2, 0) is 14.3 Å². The minimum Gasteiger partial charge on any atom is -0.344 e. The molecule has 4 nitrogen and oxygen atoms in total. The van der Waals surface area contributed by atoms with Crippen LogP contribution in [0.2, 0.25) is 0 Å². The van der Waals surface area contributed by atoms with Gasteiger partial charge in [-0.15, -0.1) is 0 Å². The van der Waals surface area contributed by atoms with Gasteiger partial charge in [0, 0.05) is 0 Å². The molecule has 0 aromatic heterocycles. The molecule has 6 heteroatoms. The maximum atomic E-state index is 14.0. The molecule has 0 aliphatic rings. The van der Waals surface area contributed by atoms with Crippen molar-refractivity contribution in [3.8, 4) is 0 Å². The van der Waals surface area contributed by atoms with E-state index in [1.54, 1.807) is 0 Å². The van der Waals surface area contributed by atoms with Crippen molar-refractivity contribution in [1.82, 2.24) is 6.15 Å². The molecule has 0 aliphatic heterocycles. The third-order valence-corrected chi connectivity index (χ3v) is 7.20. The third kappa shape index (κ3) is 22.8. The Morgan fingerprint density at radius 1 is 0.581 bits per heavy atom. The molecule has 0 spiro atoms. The molecule has 0 fully saturated rings. The predicted octanol–water partition coefficient (Wildman–Crippen LogP) is 9.02. The summed E-state index contributed by atoms with van der Waals surface area (Å²) in [5.41, 5.74) is -1.87. The summed E-state index contributed by atoms with van der Waals surface area (Å²) in [5, 5.41) is 0. The average molecular weight is 468 g/mol. The molecule has 0 heterocycles. The van der Waals surface area contributed by atoms with Gasteiger partial charge in [-0.1, -0.05) is 129 Å². The number of unbranched alkanes of at least 4 members (excludes halogenated alkanes) is 18. The number of halogens is 1. The van der Waals surface area contributed by atoms with Gasteiger partial charge in [0.15, 0.2) is 0 Å². The molecule has 190 valence electrons. The molecule has 0 rings (SSSR count). The lowest BCUT2D eigenvalue weighted by atomic mass is 10.1. The van der Waals surface area contributed by atoms with Crippen LogP contribution >= 0.6 is 0 Å². The van der Waals surface area contributed by atoms with Crippen LogP contribution in [0.1, 0.15) is 149 Å². The predicted molar refractivity (Wildman–Crippen MR) is 133 cm³/mol. The van der Waals surface area contributed by atoms with E-state index in [9.17, 15) is 12.8 Å². The second-order valence-electron chi connectivity index (χ2n) is 8.88. The number of hydrogen-bond donors (Lipinski definition) is 1. The normalized spacial score (nSPS) is 12.6. The highest BCUT2D eigenvalue weighted by atomic mass is 32.2. The second-order valence-corrected chi connectivity index (χ2v) is 10.6. The van der Waals surface area contributed by atoms with Crippen molar-refractivity contribution >= 4 is 10.1 Å². The lowest BCUT2D eigenvalue weighted by molar-refractivity contribution is 0.270. The quantitative estimate of drug-likeness (QED) is 0.113. The van der Waals surface area contributed by atoms with Gasteiger partial charge in [0.25, 0.3) is 10.1 Å². The summed E-state index contributed by atoms with van der Waals surface area (Å²) in [4.78, 5) is 0. The highest BCUT2D eigenvalue weighted by Gasteiger charge is 2.25. The Morgan fingerprint density at radius 2 is 0.903 bits per heavy atom. The number of rotatable bonds is 24. The summed E-state index contributed by atoms with van der Waals surface area (Å²) in [6.07, 6.45) is 23.5. The first-order valence-electron chi connectivity index (χ1n) is 13.1. The Hall–Kier alpha value is -0.200. The standard InChI is InChI=1S/C25H51FO3S.H3N/c1-3-5-7-9-11-13-14-15-16-18-20-22-24-29-30(27,28)25(26)23-21-19-17-12-10-8-6-4-2;/h25H,3-24H2,1-2H3;1H3. The first kappa shape index (κ1) is 33.0. The fourth-order valence-electron chi connectivity index (χ4n) is 3.78. The zero-order valence-electron chi connectivity index (χ0n) is 20.9. The minimum atomic E-state index is -4.05. The van der Waals surface area contributed by atoms with Crippen molar-refractivity contribution in [3.63, 3.8) is 0 Å². The van der Waals surface area contributed by atoms with E-state index < -0.39 is 15.6 Å². The Balaban J connectivity index is 0. The van der Waals surface area contributed by atoms with Crippen LogP contribution in [0.3, 0.4) is 0 Å². The van der Waals surface area contributed by atoms with Gasteiger partial charge in [0.1, 0.15) is 0 Å². The molecule has 0 bridgehead atoms. The van der Waals surface area contributed by atoms with E-state index in [1.165, 1.54) is 89.9 Å². The first-order chi connectivity index (χ1) is 14.5. The molecule has 31 heavy (non-hydrogen) atoms. The molecule has 0 saturated heterocycles. The van der Waals surface area contributed by atoms with E-state index in [-0.39, 0.29) is 19.2 Å². The fourth-order valence-corrected chi connectivity index (χ4v) is 4.73. The van der Waals surface area contributed by atoms with Gasteiger partial charge >= 0.3 is 0 Å². The topological polar surface area (TPSA) is 78.4 Å². The van der Waals surface area contributed by atoms with E-state index in [2.05, 4.69) is 13.8 Å². The Morgan fingerprint density at radius 3 is 1.29 bits per heavy atom. The summed E-state index contributed by atoms with van der Waals surface area (Å²) in [5.74, 6) is 0. The summed E-state index contributed by atoms with van der Waals surface area (Å²) >= 11 is 0. The SMILES string of the molecule is CCCCCCCCCCCCCCOS(=O)(=O)C(F)CCCCCCCCCC.N. The molecule has 3 N–H and O–H groups in total. The molecular formula is C25H54FNO3S. The van der Waals surface area contributed by atoms with Gasteiger partial charge in [-0.2, -0.15) is 8.42 Å². The molecule has 0 aromatic carbocycles. The molecule has 0 amide bonds. The molecule has 0 aromatic rings. The first-order valence-corrected chi connectivity index (χ1v) is 14.5. The summed E-state index contributed by atoms with van der Waals surface area (Å²) in [6.45, 7) is 4.56. The largest absolute Gasteiger partial charge is 0.344 e. The molecule has 0 radical (unpaired) electrons. The molecule has 1 atom stereocenters. The zero-order chi connectivity index (χ0) is 22.3. The van der Waals surface area contributed by atoms with Crippen LogP contribution in [0.4, 0.5) is 4.39 Å². The van der Waals surface area contributed by atoms with E-state index >= 15 is 0 Å². The third-order valence-electron chi connectivity index (χ3n) is 5.84. The lowest BCUT2D eigenvalue weighted by Crippen LogP contribution is -2.19. The number of hydrogen-bond acceptors (Lipinski definition) is 4. The van der Waals surface area contributed by atoms with Crippen LogP contribution in [-0.4, -0.2) is 20.5 Å². The van der Waals surface area contributed by atoms with Gasteiger partial charge < -0.3 is 6.15 Å². The van der Waals surface area contributed by atoms with Crippen LogP contribution in [0.15, 0.2) is 0 Å². The van der Waals surface area contributed by atoms with Crippen molar-refractivity contribution in [2.24, 2.45) is 0 Å². The summed E-state index contributed by atoms with van der Waals surface area (Å²) < 4.78 is 42.6. The van der Waals surface area contributed by atoms with Gasteiger partial charge in [-0.05, 0) is 19.3 Å². The van der Waals surface area contributed by atoms with Crippen molar-refractivity contribution in [2.45, 2.75) is 154 Å². The summed E-state index contributed by atoms with van der Waals surface area (Å²) in [6, 6.07) is 0. The summed E-state index contributed by atoms with van der Waals surface area (Å²) in [7, 11) is -4.05. The van der Waals surface area contributed by atoms with Crippen LogP contribution in [0, 0.1) is 0 Å². The molecule has 1 unspecified atom stereocenters. The van der Waals surface area contributed by atoms with Crippen molar-refractivity contribution in [2.75, 3.05) is 6.61 Å². The second kappa shape index (κ2) is 24.4. The molecule has 0 saturated carbocycles. The zero-order valence-corrected chi connectivity index (χ0v) is 21.7. The van der Waals surface area contributed by atoms with E-state index in [4.69, 9.17) is 4.18 Å². The highest BCUT2D eigenvalue weighted by molar-refractivity contribution is 7.87. The van der Waals surface area contributed by atoms with Crippen LogP contribution in [0.5, 0.6) is 0 Å². The Labute approximate surface area is 194 Å². The van der Waals surface area contributed by atoms with Crippen molar-refractivity contribution in [3.05, 3.63) is 0 Å². The van der Waals surface area contributed by atoms with Crippen LogP contribution < -0.4 is 6.15 Å². The van der Waals surface area contributed by atoms with E-state index in [0.717, 1.165) is 25.7 Å². The minimum absolute atomic E-state index is 0. The Kier molecular flexibility index (Phi) is 26.0. The number of alkyl halides is 1. The molecular weight excluding hydrogens is 413 g/mol. The van der Waals surface area contributed by atoms with Crippen LogP contribution in [0.25, 0.3) is 0 Å². The average Bonchev–Trinajstić information content (AvgIpc) is 2.73. The maximum Gasteiger partial charge on any atom is 0.299 e. The van der Waals surface area contributed by atoms with E-state index in [1.807, 2.05) is 0 Å². The molecule has 0 aliphatic carbocycles. The van der Waals surface area contributed by atoms with Crippen molar-refractivity contribution < 1.29 is 17.0 Å². The van der Waals surface area contributed by atoms with Gasteiger partial charge in [-0.25, -0.2) is 4.39 Å². The van der Waals surface area contributed by atoms with Crippen molar-refractivity contribution in [1.29, 1.82) is 0 Å². The van der Waals surface area contributed by atoms with Gasteiger partial charge in [0.2, 0.25) is 5.50 Å². The monoisotopic (exact) mass is 467 g/mol. The lowest BCUT2D eigenvalue weighted by Gasteiger charge is -2.10. The fraction of sp³-hybridized carbons (Fsp3) is 1.00. The van der Waals surface area contributed by atoms with E-state index in [0.29, 0.717) is 12.8 Å². The van der Waals surface area contributed by atoms with Gasteiger partial charge in [0.05, 0.1) is 6.61 Å². The maximum absolute atomic E-state index is 14.0. The highest BCUT2D eigenvalue weighted by Crippen LogP contribution is 2.17.